The molecule has 1 fully saturated rings. The zero-order valence-electron chi connectivity index (χ0n) is 11.3. The van der Waals surface area contributed by atoms with E-state index in [2.05, 4.69) is 23.1 Å². The van der Waals surface area contributed by atoms with Crippen LogP contribution in [0.15, 0.2) is 18.2 Å². The molecule has 18 heavy (non-hydrogen) atoms. The Hall–Kier alpha value is -1.10. The molecule has 0 aliphatic carbocycles. The maximum absolute atomic E-state index is 5.93. The number of aryl methyl sites for hydroxylation is 1. The summed E-state index contributed by atoms with van der Waals surface area (Å²) in [4.78, 5) is 2.34. The lowest BCUT2D eigenvalue weighted by molar-refractivity contribution is -0.00461. The van der Waals surface area contributed by atoms with Gasteiger partial charge in [0, 0.05) is 39.5 Å². The molecule has 1 saturated heterocycles. The normalized spacial score (nSPS) is 24.6. The summed E-state index contributed by atoms with van der Waals surface area (Å²) < 4.78 is 10.9. The molecular weight excluding hydrogens is 228 g/mol. The van der Waals surface area contributed by atoms with Crippen LogP contribution in [-0.2, 0) is 16.0 Å². The fourth-order valence-corrected chi connectivity index (χ4v) is 2.45. The Labute approximate surface area is 109 Å². The van der Waals surface area contributed by atoms with E-state index in [1.54, 1.807) is 14.2 Å². The number of nitrogens with two attached hydrogens (primary N) is 1. The highest BCUT2D eigenvalue weighted by molar-refractivity contribution is 5.48. The van der Waals surface area contributed by atoms with Crippen molar-refractivity contribution in [1.29, 1.82) is 0 Å². The van der Waals surface area contributed by atoms with E-state index < -0.39 is 0 Å². The van der Waals surface area contributed by atoms with E-state index in [4.69, 9.17) is 15.2 Å². The van der Waals surface area contributed by atoms with Gasteiger partial charge in [0.25, 0.3) is 0 Å². The molecule has 1 aromatic rings. The maximum Gasteiger partial charge on any atom is 0.0971 e. The molecule has 2 unspecified atom stereocenters. The standard InChI is InChI=1S/C14H22N2O2/c1-10-4-5-11(6-12(10)15)7-16-8-13(17-2)14(9-16)18-3/h4-6,13-14H,7-9,15H2,1-3H3. The first-order chi connectivity index (χ1) is 8.63. The van der Waals surface area contributed by atoms with Gasteiger partial charge in [0.1, 0.15) is 0 Å². The first kappa shape index (κ1) is 13.3. The van der Waals surface area contributed by atoms with Crippen molar-refractivity contribution in [1.82, 2.24) is 4.90 Å². The largest absolute Gasteiger partial charge is 0.399 e. The minimum atomic E-state index is 0.165. The molecule has 2 N–H and O–H groups in total. The molecule has 1 aliphatic rings. The number of likely N-dealkylation sites (tertiary alicyclic amines) is 1. The van der Waals surface area contributed by atoms with Crippen LogP contribution in [0.2, 0.25) is 0 Å². The lowest BCUT2D eigenvalue weighted by Crippen LogP contribution is -2.27. The monoisotopic (exact) mass is 250 g/mol. The van der Waals surface area contributed by atoms with Crippen LogP contribution in [-0.4, -0.2) is 44.4 Å². The molecule has 0 radical (unpaired) electrons. The van der Waals surface area contributed by atoms with Gasteiger partial charge in [-0.05, 0) is 24.1 Å². The Morgan fingerprint density at radius 2 is 1.83 bits per heavy atom. The van der Waals surface area contributed by atoms with Crippen LogP contribution in [0, 0.1) is 6.92 Å². The summed E-state index contributed by atoms with van der Waals surface area (Å²) in [5.41, 5.74) is 9.16. The van der Waals surface area contributed by atoms with Gasteiger partial charge in [-0.3, -0.25) is 4.90 Å². The number of hydrogen-bond donors (Lipinski definition) is 1. The molecule has 2 atom stereocenters. The molecule has 0 bridgehead atoms. The van der Waals surface area contributed by atoms with Crippen LogP contribution in [0.5, 0.6) is 0 Å². The van der Waals surface area contributed by atoms with Crippen molar-refractivity contribution in [2.45, 2.75) is 25.7 Å². The first-order valence-corrected chi connectivity index (χ1v) is 6.27. The highest BCUT2D eigenvalue weighted by Crippen LogP contribution is 2.20. The number of methoxy groups -OCH3 is 2. The average molecular weight is 250 g/mol. The van der Waals surface area contributed by atoms with E-state index in [-0.39, 0.29) is 12.2 Å². The fraction of sp³-hybridized carbons (Fsp3) is 0.571. The van der Waals surface area contributed by atoms with Gasteiger partial charge in [-0.15, -0.1) is 0 Å². The molecule has 1 aromatic carbocycles. The molecule has 4 nitrogen and oxygen atoms in total. The summed E-state index contributed by atoms with van der Waals surface area (Å²) in [7, 11) is 3.48. The Morgan fingerprint density at radius 1 is 1.22 bits per heavy atom. The predicted molar refractivity (Wildman–Crippen MR) is 72.5 cm³/mol. The van der Waals surface area contributed by atoms with E-state index in [0.717, 1.165) is 30.9 Å². The van der Waals surface area contributed by atoms with Crippen molar-refractivity contribution in [3.63, 3.8) is 0 Å². The summed E-state index contributed by atoms with van der Waals surface area (Å²) in [6.07, 6.45) is 0.329. The summed E-state index contributed by atoms with van der Waals surface area (Å²) in [5, 5.41) is 0. The molecule has 0 amide bonds. The van der Waals surface area contributed by atoms with Crippen LogP contribution in [0.25, 0.3) is 0 Å². The van der Waals surface area contributed by atoms with Gasteiger partial charge in [-0.2, -0.15) is 0 Å². The third kappa shape index (κ3) is 2.83. The summed E-state index contributed by atoms with van der Waals surface area (Å²) in [6.45, 7) is 4.73. The number of nitrogens with zero attached hydrogens (tertiary/aromatic N) is 1. The van der Waals surface area contributed by atoms with Crippen molar-refractivity contribution in [3.05, 3.63) is 29.3 Å². The number of ether oxygens (including phenoxy) is 2. The van der Waals surface area contributed by atoms with E-state index in [1.165, 1.54) is 5.56 Å². The van der Waals surface area contributed by atoms with E-state index in [1.807, 2.05) is 6.92 Å². The van der Waals surface area contributed by atoms with Crippen molar-refractivity contribution < 1.29 is 9.47 Å². The number of hydrogen-bond acceptors (Lipinski definition) is 4. The van der Waals surface area contributed by atoms with Crippen molar-refractivity contribution in [2.24, 2.45) is 0 Å². The van der Waals surface area contributed by atoms with Crippen LogP contribution < -0.4 is 5.73 Å². The number of nitrogen functional groups attached to an aromatic ring is 1. The molecule has 0 saturated carbocycles. The van der Waals surface area contributed by atoms with Gasteiger partial charge < -0.3 is 15.2 Å². The zero-order chi connectivity index (χ0) is 13.1. The van der Waals surface area contributed by atoms with Crippen molar-refractivity contribution in [2.75, 3.05) is 33.0 Å². The fourth-order valence-electron chi connectivity index (χ4n) is 2.45. The van der Waals surface area contributed by atoms with E-state index in [0.29, 0.717) is 0 Å². The van der Waals surface area contributed by atoms with Gasteiger partial charge in [-0.25, -0.2) is 0 Å². The third-order valence-electron chi connectivity index (χ3n) is 3.65. The average Bonchev–Trinajstić information content (AvgIpc) is 2.76. The van der Waals surface area contributed by atoms with Gasteiger partial charge >= 0.3 is 0 Å². The first-order valence-electron chi connectivity index (χ1n) is 6.27. The molecule has 100 valence electrons. The van der Waals surface area contributed by atoms with Crippen molar-refractivity contribution >= 4 is 5.69 Å². The molecule has 0 aromatic heterocycles. The molecule has 0 spiro atoms. The second-order valence-corrected chi connectivity index (χ2v) is 4.93. The quantitative estimate of drug-likeness (QED) is 0.821. The maximum atomic E-state index is 5.93. The highest BCUT2D eigenvalue weighted by atomic mass is 16.5. The molecule has 4 heteroatoms. The molecule has 2 rings (SSSR count). The Bertz CT molecular complexity index is 397. The van der Waals surface area contributed by atoms with Crippen LogP contribution >= 0.6 is 0 Å². The summed E-state index contributed by atoms with van der Waals surface area (Å²) >= 11 is 0. The van der Waals surface area contributed by atoms with Gasteiger partial charge in [0.05, 0.1) is 12.2 Å². The van der Waals surface area contributed by atoms with E-state index in [9.17, 15) is 0 Å². The Kier molecular flexibility index (Phi) is 4.22. The van der Waals surface area contributed by atoms with Crippen LogP contribution in [0.3, 0.4) is 0 Å². The van der Waals surface area contributed by atoms with E-state index >= 15 is 0 Å². The van der Waals surface area contributed by atoms with Crippen molar-refractivity contribution in [3.8, 4) is 0 Å². The number of rotatable bonds is 4. The molecule has 1 aliphatic heterocycles. The van der Waals surface area contributed by atoms with Gasteiger partial charge in [-0.1, -0.05) is 12.1 Å². The minimum Gasteiger partial charge on any atom is -0.399 e. The van der Waals surface area contributed by atoms with Gasteiger partial charge in [0.2, 0.25) is 0 Å². The lowest BCUT2D eigenvalue weighted by atomic mass is 10.1. The summed E-state index contributed by atoms with van der Waals surface area (Å²) in [6, 6.07) is 6.26. The van der Waals surface area contributed by atoms with Crippen LogP contribution in [0.1, 0.15) is 11.1 Å². The number of anilines is 1. The molecule has 1 heterocycles. The predicted octanol–water partition coefficient (Wildman–Crippen LogP) is 1.42. The SMILES string of the molecule is COC1CN(Cc2ccc(C)c(N)c2)CC1OC. The van der Waals surface area contributed by atoms with Crippen LogP contribution in [0.4, 0.5) is 5.69 Å². The second-order valence-electron chi connectivity index (χ2n) is 4.93. The summed E-state index contributed by atoms with van der Waals surface area (Å²) in [5.74, 6) is 0. The number of benzene rings is 1. The lowest BCUT2D eigenvalue weighted by Gasteiger charge is -2.15. The zero-order valence-corrected chi connectivity index (χ0v) is 11.3. The Morgan fingerprint density at radius 3 is 2.33 bits per heavy atom. The third-order valence-corrected chi connectivity index (χ3v) is 3.65. The Balaban J connectivity index is 2.00. The topological polar surface area (TPSA) is 47.7 Å². The second kappa shape index (κ2) is 5.69. The van der Waals surface area contributed by atoms with Gasteiger partial charge in [0.15, 0.2) is 0 Å². The minimum absolute atomic E-state index is 0.165. The smallest absolute Gasteiger partial charge is 0.0971 e. The molecular formula is C14H22N2O2. The highest BCUT2D eigenvalue weighted by Gasteiger charge is 2.32.